The number of rotatable bonds is 6. The first-order valence-corrected chi connectivity index (χ1v) is 8.46. The summed E-state index contributed by atoms with van der Waals surface area (Å²) < 4.78 is 0. The van der Waals surface area contributed by atoms with Gasteiger partial charge < -0.3 is 5.32 Å². The van der Waals surface area contributed by atoms with E-state index in [0.29, 0.717) is 5.41 Å². The third kappa shape index (κ3) is 5.44. The molecule has 0 bridgehead atoms. The van der Waals surface area contributed by atoms with Crippen LogP contribution in [0.3, 0.4) is 0 Å². The Labute approximate surface area is 130 Å². The second-order valence-electron chi connectivity index (χ2n) is 7.77. The number of hydrogen-bond donors (Lipinski definition) is 1. The number of nitrogens with one attached hydrogen (secondary N) is 1. The van der Waals surface area contributed by atoms with Crippen LogP contribution in [0.1, 0.15) is 45.2 Å². The fourth-order valence-corrected chi connectivity index (χ4v) is 3.26. The predicted octanol–water partition coefficient (Wildman–Crippen LogP) is 3.71. The molecule has 0 saturated heterocycles. The minimum Gasteiger partial charge on any atom is -0.316 e. The Morgan fingerprint density at radius 3 is 2.62 bits per heavy atom. The first kappa shape index (κ1) is 16.5. The van der Waals surface area contributed by atoms with Gasteiger partial charge in [0.15, 0.2) is 0 Å². The smallest absolute Gasteiger partial charge is 0.0236 e. The molecule has 0 amide bonds. The molecule has 118 valence electrons. The van der Waals surface area contributed by atoms with Crippen LogP contribution in [0.15, 0.2) is 24.3 Å². The highest BCUT2D eigenvalue weighted by atomic mass is 15.1. The summed E-state index contributed by atoms with van der Waals surface area (Å²) in [6, 6.07) is 8.96. The minimum absolute atomic E-state index is 0.328. The minimum atomic E-state index is 0.328. The second kappa shape index (κ2) is 7.42. The summed E-state index contributed by atoms with van der Waals surface area (Å²) in [5.41, 5.74) is 3.41. The zero-order valence-electron chi connectivity index (χ0n) is 14.3. The van der Waals surface area contributed by atoms with E-state index in [1.165, 1.54) is 31.5 Å². The third-order valence-corrected chi connectivity index (χ3v) is 4.24. The lowest BCUT2D eigenvalue weighted by atomic mass is 9.92. The van der Waals surface area contributed by atoms with E-state index in [1.807, 2.05) is 0 Å². The van der Waals surface area contributed by atoms with Crippen LogP contribution in [0.25, 0.3) is 0 Å². The van der Waals surface area contributed by atoms with Gasteiger partial charge in [0.1, 0.15) is 0 Å². The topological polar surface area (TPSA) is 15.3 Å². The maximum absolute atomic E-state index is 3.62. The van der Waals surface area contributed by atoms with Crippen LogP contribution in [0.2, 0.25) is 0 Å². The lowest BCUT2D eigenvalue weighted by molar-refractivity contribution is 0.168. The molecule has 21 heavy (non-hydrogen) atoms. The fraction of sp³-hybridized carbons (Fsp3) is 0.684. The van der Waals surface area contributed by atoms with Crippen LogP contribution in [0.5, 0.6) is 0 Å². The molecule has 0 aliphatic carbocycles. The molecule has 2 heteroatoms. The number of hydrogen-bond acceptors (Lipinski definition) is 2. The van der Waals surface area contributed by atoms with Crippen molar-refractivity contribution in [3.63, 3.8) is 0 Å². The van der Waals surface area contributed by atoms with Crippen LogP contribution in [0.4, 0.5) is 0 Å². The van der Waals surface area contributed by atoms with Crippen molar-refractivity contribution in [1.82, 2.24) is 10.2 Å². The molecule has 2 nitrogen and oxygen atoms in total. The Hall–Kier alpha value is -0.860. The molecule has 1 aromatic rings. The molecular weight excluding hydrogens is 256 g/mol. The normalized spacial score (nSPS) is 16.8. The SMILES string of the molecule is CC(C)CNCC(C)(C)CN1CCCc2ccccc2C1. The van der Waals surface area contributed by atoms with Crippen LogP contribution in [0, 0.1) is 11.3 Å². The summed E-state index contributed by atoms with van der Waals surface area (Å²) in [5.74, 6) is 0.728. The lowest BCUT2D eigenvalue weighted by Crippen LogP contribution is -2.41. The van der Waals surface area contributed by atoms with E-state index in [4.69, 9.17) is 0 Å². The molecule has 1 heterocycles. The number of benzene rings is 1. The van der Waals surface area contributed by atoms with E-state index in [2.05, 4.69) is 62.2 Å². The van der Waals surface area contributed by atoms with Crippen LogP contribution < -0.4 is 5.32 Å². The van der Waals surface area contributed by atoms with Crippen molar-refractivity contribution in [1.29, 1.82) is 0 Å². The molecule has 1 aromatic carbocycles. The van der Waals surface area contributed by atoms with Crippen molar-refractivity contribution in [2.24, 2.45) is 11.3 Å². The third-order valence-electron chi connectivity index (χ3n) is 4.24. The summed E-state index contributed by atoms with van der Waals surface area (Å²) in [6.45, 7) is 15.0. The highest BCUT2D eigenvalue weighted by molar-refractivity contribution is 5.28. The molecule has 2 rings (SSSR count). The van der Waals surface area contributed by atoms with Crippen LogP contribution >= 0.6 is 0 Å². The highest BCUT2D eigenvalue weighted by Crippen LogP contribution is 2.22. The molecule has 1 aliphatic rings. The molecule has 1 N–H and O–H groups in total. The van der Waals surface area contributed by atoms with Crippen LogP contribution in [-0.2, 0) is 13.0 Å². The zero-order valence-corrected chi connectivity index (χ0v) is 14.3. The van der Waals surface area contributed by atoms with E-state index in [-0.39, 0.29) is 0 Å². The largest absolute Gasteiger partial charge is 0.316 e. The average Bonchev–Trinajstić information content (AvgIpc) is 2.58. The summed E-state index contributed by atoms with van der Waals surface area (Å²) in [4.78, 5) is 2.64. The zero-order chi connectivity index (χ0) is 15.3. The maximum atomic E-state index is 3.62. The summed E-state index contributed by atoms with van der Waals surface area (Å²) in [5, 5.41) is 3.62. The quantitative estimate of drug-likeness (QED) is 0.858. The van der Waals surface area contributed by atoms with E-state index < -0.39 is 0 Å². The van der Waals surface area contributed by atoms with Crippen molar-refractivity contribution in [2.75, 3.05) is 26.2 Å². The lowest BCUT2D eigenvalue weighted by Gasteiger charge is -2.32. The van der Waals surface area contributed by atoms with Gasteiger partial charge in [0.05, 0.1) is 0 Å². The Balaban J connectivity index is 1.90. The number of aryl methyl sites for hydroxylation is 1. The van der Waals surface area contributed by atoms with Gasteiger partial charge in [-0.3, -0.25) is 4.90 Å². The Kier molecular flexibility index (Phi) is 5.83. The van der Waals surface area contributed by atoms with Gasteiger partial charge in [-0.2, -0.15) is 0 Å². The van der Waals surface area contributed by atoms with Crippen molar-refractivity contribution >= 4 is 0 Å². The van der Waals surface area contributed by atoms with Gasteiger partial charge in [-0.1, -0.05) is 52.0 Å². The van der Waals surface area contributed by atoms with Gasteiger partial charge >= 0.3 is 0 Å². The van der Waals surface area contributed by atoms with E-state index in [9.17, 15) is 0 Å². The van der Waals surface area contributed by atoms with Gasteiger partial charge in [-0.15, -0.1) is 0 Å². The molecule has 0 spiro atoms. The first-order valence-electron chi connectivity index (χ1n) is 8.46. The van der Waals surface area contributed by atoms with Crippen molar-refractivity contribution < 1.29 is 0 Å². The predicted molar refractivity (Wildman–Crippen MR) is 91.5 cm³/mol. The molecule has 0 saturated carbocycles. The Morgan fingerprint density at radius 2 is 1.90 bits per heavy atom. The standard InChI is InChI=1S/C19H32N2/c1-16(2)12-20-14-19(3,4)15-21-11-7-10-17-8-5-6-9-18(17)13-21/h5-6,8-9,16,20H,7,10-15H2,1-4H3. The molecule has 0 unspecified atom stereocenters. The summed E-state index contributed by atoms with van der Waals surface area (Å²) in [7, 11) is 0. The highest BCUT2D eigenvalue weighted by Gasteiger charge is 2.23. The molecule has 1 aliphatic heterocycles. The van der Waals surface area contributed by atoms with Gasteiger partial charge in [0.25, 0.3) is 0 Å². The number of nitrogens with zero attached hydrogens (tertiary/aromatic N) is 1. The van der Waals surface area contributed by atoms with E-state index in [0.717, 1.165) is 25.6 Å². The maximum Gasteiger partial charge on any atom is 0.0236 e. The first-order chi connectivity index (χ1) is 9.96. The Morgan fingerprint density at radius 1 is 1.19 bits per heavy atom. The number of fused-ring (bicyclic) bond motifs is 1. The summed E-state index contributed by atoms with van der Waals surface area (Å²) >= 11 is 0. The van der Waals surface area contributed by atoms with Crippen molar-refractivity contribution in [3.8, 4) is 0 Å². The molecule has 0 fully saturated rings. The average molecular weight is 288 g/mol. The fourth-order valence-electron chi connectivity index (χ4n) is 3.26. The monoisotopic (exact) mass is 288 g/mol. The van der Waals surface area contributed by atoms with E-state index >= 15 is 0 Å². The van der Waals surface area contributed by atoms with Crippen molar-refractivity contribution in [2.45, 2.75) is 47.1 Å². The Bertz CT molecular complexity index is 437. The summed E-state index contributed by atoms with van der Waals surface area (Å²) in [6.07, 6.45) is 2.52. The van der Waals surface area contributed by atoms with Crippen molar-refractivity contribution in [3.05, 3.63) is 35.4 Å². The van der Waals surface area contributed by atoms with Gasteiger partial charge in [-0.25, -0.2) is 0 Å². The molecular formula is C19H32N2. The molecule has 0 radical (unpaired) electrons. The molecule has 0 aromatic heterocycles. The van der Waals surface area contributed by atoms with E-state index in [1.54, 1.807) is 5.56 Å². The van der Waals surface area contributed by atoms with Gasteiger partial charge in [0, 0.05) is 19.6 Å². The van der Waals surface area contributed by atoms with Crippen LogP contribution in [-0.4, -0.2) is 31.1 Å². The van der Waals surface area contributed by atoms with Gasteiger partial charge in [-0.05, 0) is 48.4 Å². The second-order valence-corrected chi connectivity index (χ2v) is 7.77. The van der Waals surface area contributed by atoms with Gasteiger partial charge in [0.2, 0.25) is 0 Å². The molecule has 0 atom stereocenters.